The van der Waals surface area contributed by atoms with Gasteiger partial charge >= 0.3 is 6.16 Å². The summed E-state index contributed by atoms with van der Waals surface area (Å²) in [6.07, 6.45) is -1.83. The summed E-state index contributed by atoms with van der Waals surface area (Å²) in [7, 11) is 0. The molecule has 0 aliphatic heterocycles. The molecule has 0 aromatic rings. The molecule has 0 aromatic carbocycles. The minimum absolute atomic E-state index is 1.27. The van der Waals surface area contributed by atoms with Crippen molar-refractivity contribution in [2.24, 2.45) is 0 Å². The van der Waals surface area contributed by atoms with E-state index in [1.807, 2.05) is 0 Å². The Bertz CT molecular complexity index is 348. The van der Waals surface area contributed by atoms with Gasteiger partial charge in [-0.05, 0) is 0 Å². The van der Waals surface area contributed by atoms with E-state index in [1.54, 1.807) is 0 Å². The normalized spacial score (nSPS) is 15.8. The highest BCUT2D eigenvalue weighted by atomic mass is 16.6. The second kappa shape index (κ2) is 4.68. The van der Waals surface area contributed by atoms with Crippen molar-refractivity contribution in [2.75, 3.05) is 0 Å². The number of aliphatic hydroxyl groups is 4. The van der Waals surface area contributed by atoms with Crippen LogP contribution in [0.2, 0.25) is 0 Å². The van der Waals surface area contributed by atoms with Crippen molar-refractivity contribution in [3.05, 3.63) is 23.0 Å². The standard InChI is InChI=1S/C6H4O6.CH2O3/c7-1-2(8)4(10)6(12)5(11)3(1)9;2-1(3)4/h7-8,11-12H;(H2,2,3,4). The van der Waals surface area contributed by atoms with Crippen LogP contribution in [0.15, 0.2) is 23.0 Å². The average molecular weight is 234 g/mol. The van der Waals surface area contributed by atoms with Gasteiger partial charge in [0.15, 0.2) is 0 Å². The van der Waals surface area contributed by atoms with E-state index in [0.29, 0.717) is 0 Å². The lowest BCUT2D eigenvalue weighted by Crippen LogP contribution is -2.23. The van der Waals surface area contributed by atoms with Crippen LogP contribution >= 0.6 is 0 Å². The van der Waals surface area contributed by atoms with Gasteiger partial charge in [-0.3, -0.25) is 9.59 Å². The van der Waals surface area contributed by atoms with Crippen LogP contribution in [-0.2, 0) is 9.59 Å². The highest BCUT2D eigenvalue weighted by Gasteiger charge is 2.34. The summed E-state index contributed by atoms with van der Waals surface area (Å²) < 4.78 is 0. The van der Waals surface area contributed by atoms with Crippen LogP contribution in [0.5, 0.6) is 0 Å². The maximum Gasteiger partial charge on any atom is 0.503 e. The topological polar surface area (TPSA) is 173 Å². The van der Waals surface area contributed by atoms with Crippen molar-refractivity contribution in [1.82, 2.24) is 0 Å². The first-order valence-electron chi connectivity index (χ1n) is 3.45. The molecule has 0 fully saturated rings. The first kappa shape index (κ1) is 13.3. The van der Waals surface area contributed by atoms with Gasteiger partial charge in [0, 0.05) is 0 Å². The fraction of sp³-hybridized carbons (Fsp3) is 0. The third-order valence-electron chi connectivity index (χ3n) is 1.31. The van der Waals surface area contributed by atoms with Gasteiger partial charge in [0.1, 0.15) is 0 Å². The molecular formula is C7H6O9. The number of rotatable bonds is 0. The summed E-state index contributed by atoms with van der Waals surface area (Å²) in [4.78, 5) is 29.8. The first-order chi connectivity index (χ1) is 7.20. The molecule has 0 saturated heterocycles. The van der Waals surface area contributed by atoms with Gasteiger partial charge in [0.2, 0.25) is 23.0 Å². The number of carbonyl (C=O) groups excluding carboxylic acids is 2. The van der Waals surface area contributed by atoms with Crippen LogP contribution in [0.4, 0.5) is 4.79 Å². The van der Waals surface area contributed by atoms with E-state index in [1.165, 1.54) is 0 Å². The number of carboxylic acid groups (broad SMARTS) is 2. The van der Waals surface area contributed by atoms with Gasteiger partial charge in [-0.1, -0.05) is 0 Å². The van der Waals surface area contributed by atoms with Crippen LogP contribution in [0.25, 0.3) is 0 Å². The van der Waals surface area contributed by atoms with E-state index in [0.717, 1.165) is 0 Å². The Hall–Kier alpha value is -2.71. The van der Waals surface area contributed by atoms with Crippen LogP contribution < -0.4 is 0 Å². The zero-order chi connectivity index (χ0) is 13.0. The Morgan fingerprint density at radius 3 is 0.938 bits per heavy atom. The summed E-state index contributed by atoms with van der Waals surface area (Å²) >= 11 is 0. The lowest BCUT2D eigenvalue weighted by Gasteiger charge is -2.08. The minimum atomic E-state index is -1.83. The van der Waals surface area contributed by atoms with Crippen LogP contribution in [0, 0.1) is 0 Å². The molecule has 0 bridgehead atoms. The summed E-state index contributed by atoms with van der Waals surface area (Å²) in [5, 5.41) is 48.6. The van der Waals surface area contributed by atoms with Crippen molar-refractivity contribution in [3.63, 3.8) is 0 Å². The molecule has 88 valence electrons. The molecule has 9 heteroatoms. The van der Waals surface area contributed by atoms with Crippen LogP contribution in [0.1, 0.15) is 0 Å². The van der Waals surface area contributed by atoms with E-state index in [-0.39, 0.29) is 0 Å². The summed E-state index contributed by atoms with van der Waals surface area (Å²) in [5.41, 5.74) is 0. The number of carbonyl (C=O) groups is 3. The van der Waals surface area contributed by atoms with Crippen molar-refractivity contribution < 1.29 is 45.0 Å². The van der Waals surface area contributed by atoms with Crippen molar-refractivity contribution >= 4 is 17.7 Å². The number of hydrogen-bond donors (Lipinski definition) is 6. The molecule has 6 N–H and O–H groups in total. The molecule has 0 amide bonds. The largest absolute Gasteiger partial charge is 0.503 e. The van der Waals surface area contributed by atoms with Gasteiger partial charge < -0.3 is 30.6 Å². The van der Waals surface area contributed by atoms with E-state index < -0.39 is 40.8 Å². The number of ketones is 2. The molecule has 0 unspecified atom stereocenters. The molecule has 16 heavy (non-hydrogen) atoms. The van der Waals surface area contributed by atoms with E-state index >= 15 is 0 Å². The lowest BCUT2D eigenvalue weighted by atomic mass is 10.1. The van der Waals surface area contributed by atoms with Crippen molar-refractivity contribution in [1.29, 1.82) is 0 Å². The van der Waals surface area contributed by atoms with Gasteiger partial charge in [0.25, 0.3) is 11.6 Å². The molecular weight excluding hydrogens is 228 g/mol. The Kier molecular flexibility index (Phi) is 3.89. The fourth-order valence-electron chi connectivity index (χ4n) is 0.654. The summed E-state index contributed by atoms with van der Waals surface area (Å²) in [5.74, 6) is -7.84. The number of Topliss-reactive ketones (excluding diaryl/α,β-unsaturated/α-hetero) is 2. The first-order valence-corrected chi connectivity index (χ1v) is 3.45. The molecule has 0 saturated carbocycles. The summed E-state index contributed by atoms with van der Waals surface area (Å²) in [6, 6.07) is 0. The maximum absolute atomic E-state index is 10.6. The number of hydrogen-bond acceptors (Lipinski definition) is 7. The Morgan fingerprint density at radius 1 is 0.688 bits per heavy atom. The quantitative estimate of drug-likeness (QED) is 0.315. The fourth-order valence-corrected chi connectivity index (χ4v) is 0.654. The third kappa shape index (κ3) is 2.64. The highest BCUT2D eigenvalue weighted by molar-refractivity contribution is 6.21. The second-order valence-corrected chi connectivity index (χ2v) is 2.34. The lowest BCUT2D eigenvalue weighted by molar-refractivity contribution is -0.124. The molecule has 0 atom stereocenters. The Morgan fingerprint density at radius 2 is 0.812 bits per heavy atom. The predicted molar refractivity (Wildman–Crippen MR) is 45.2 cm³/mol. The average Bonchev–Trinajstić information content (AvgIpc) is 2.20. The minimum Gasteiger partial charge on any atom is -0.501 e. The highest BCUT2D eigenvalue weighted by Crippen LogP contribution is 2.17. The molecule has 1 aliphatic carbocycles. The number of aliphatic hydroxyl groups excluding tert-OH is 4. The SMILES string of the molecule is O=C(O)O.O=C1C(O)=C(O)C(=O)C(O)=C1O. The molecule has 0 heterocycles. The molecule has 0 radical (unpaired) electrons. The van der Waals surface area contributed by atoms with Gasteiger partial charge in [-0.2, -0.15) is 0 Å². The van der Waals surface area contributed by atoms with Crippen LogP contribution in [0.3, 0.4) is 0 Å². The smallest absolute Gasteiger partial charge is 0.501 e. The zero-order valence-corrected chi connectivity index (χ0v) is 7.41. The monoisotopic (exact) mass is 234 g/mol. The van der Waals surface area contributed by atoms with E-state index in [9.17, 15) is 9.59 Å². The molecule has 1 rings (SSSR count). The molecule has 0 aromatic heterocycles. The molecule has 0 spiro atoms. The second-order valence-electron chi connectivity index (χ2n) is 2.34. The van der Waals surface area contributed by atoms with Crippen LogP contribution in [-0.4, -0.2) is 48.4 Å². The maximum atomic E-state index is 10.6. The van der Waals surface area contributed by atoms with E-state index in [4.69, 9.17) is 35.4 Å². The molecule has 1 aliphatic rings. The predicted octanol–water partition coefficient (Wildman–Crippen LogP) is 0.0158. The van der Waals surface area contributed by atoms with Gasteiger partial charge in [-0.25, -0.2) is 4.79 Å². The Balaban J connectivity index is 0.000000487. The summed E-state index contributed by atoms with van der Waals surface area (Å²) in [6.45, 7) is 0. The van der Waals surface area contributed by atoms with Gasteiger partial charge in [0.05, 0.1) is 0 Å². The Labute approximate surface area is 86.8 Å². The molecule has 9 nitrogen and oxygen atoms in total. The zero-order valence-electron chi connectivity index (χ0n) is 7.41. The van der Waals surface area contributed by atoms with E-state index in [2.05, 4.69) is 0 Å². The van der Waals surface area contributed by atoms with Crippen molar-refractivity contribution in [2.45, 2.75) is 0 Å². The third-order valence-corrected chi connectivity index (χ3v) is 1.31. The van der Waals surface area contributed by atoms with Crippen molar-refractivity contribution in [3.8, 4) is 0 Å². The van der Waals surface area contributed by atoms with Gasteiger partial charge in [-0.15, -0.1) is 0 Å².